The molecule has 2 atom stereocenters. The number of aryl methyl sites for hydroxylation is 1. The fraction of sp³-hybridized carbons (Fsp3) is 0.400. The summed E-state index contributed by atoms with van der Waals surface area (Å²) in [7, 11) is 0. The molecule has 0 aromatic heterocycles. The lowest BCUT2D eigenvalue weighted by Crippen LogP contribution is -2.44. The van der Waals surface area contributed by atoms with Gasteiger partial charge in [0.25, 0.3) is 0 Å². The Morgan fingerprint density at radius 1 is 1.23 bits per heavy atom. The molecular weight excluding hydrogens is 396 g/mol. The molecule has 0 saturated heterocycles. The highest BCUT2D eigenvalue weighted by Gasteiger charge is 2.47. The number of aliphatic hydroxyl groups is 1. The van der Waals surface area contributed by atoms with Crippen molar-refractivity contribution in [2.45, 2.75) is 52.7 Å². The Balaban J connectivity index is 1.98. The molecule has 2 aromatic carbocycles. The number of hydrogen-bond acceptors (Lipinski definition) is 6. The lowest BCUT2D eigenvalue weighted by atomic mass is 9.79. The minimum absolute atomic E-state index is 0.0184. The second-order valence-electron chi connectivity index (χ2n) is 9.20. The van der Waals surface area contributed by atoms with E-state index in [0.29, 0.717) is 28.9 Å². The Labute approximate surface area is 181 Å². The second-order valence-corrected chi connectivity index (χ2v) is 9.20. The number of phenolic OH excluding ortho intramolecular Hbond substituents is 2. The average Bonchev–Trinajstić information content (AvgIpc) is 2.79. The fourth-order valence-corrected chi connectivity index (χ4v) is 4.36. The van der Waals surface area contributed by atoms with Gasteiger partial charge >= 0.3 is 0 Å². The van der Waals surface area contributed by atoms with Gasteiger partial charge in [-0.25, -0.2) is 0 Å². The van der Waals surface area contributed by atoms with Crippen molar-refractivity contribution in [2.24, 2.45) is 5.92 Å². The van der Waals surface area contributed by atoms with Gasteiger partial charge in [-0.2, -0.15) is 0 Å². The van der Waals surface area contributed by atoms with Crippen molar-refractivity contribution in [1.29, 1.82) is 0 Å². The molecule has 6 nitrogen and oxygen atoms in total. The third-order valence-corrected chi connectivity index (χ3v) is 6.11. The van der Waals surface area contributed by atoms with Crippen molar-refractivity contribution in [3.8, 4) is 23.0 Å². The first kappa shape index (κ1) is 21.2. The second kappa shape index (κ2) is 7.31. The van der Waals surface area contributed by atoms with Gasteiger partial charge in [-0.15, -0.1) is 0 Å². The normalized spacial score (nSPS) is 19.5. The van der Waals surface area contributed by atoms with E-state index in [0.717, 1.165) is 5.57 Å². The Hall–Kier alpha value is -2.99. The van der Waals surface area contributed by atoms with Gasteiger partial charge in [-0.05, 0) is 64.3 Å². The minimum Gasteiger partial charge on any atom is -0.507 e. The highest BCUT2D eigenvalue weighted by Crippen LogP contribution is 2.52. The number of allylic oxidation sites excluding steroid dienone is 2. The number of fused-ring (bicyclic) bond motifs is 1. The molecule has 3 N–H and O–H groups in total. The van der Waals surface area contributed by atoms with Crippen LogP contribution in [-0.2, 0) is 6.42 Å². The van der Waals surface area contributed by atoms with Crippen LogP contribution < -0.4 is 9.47 Å². The maximum atomic E-state index is 13.6. The van der Waals surface area contributed by atoms with Gasteiger partial charge in [0, 0.05) is 0 Å². The van der Waals surface area contributed by atoms with Gasteiger partial charge in [-0.3, -0.25) is 4.79 Å². The van der Waals surface area contributed by atoms with E-state index in [9.17, 15) is 20.1 Å². The van der Waals surface area contributed by atoms with Crippen LogP contribution in [0.25, 0.3) is 0 Å². The van der Waals surface area contributed by atoms with Crippen LogP contribution in [0, 0.1) is 12.8 Å². The summed E-state index contributed by atoms with van der Waals surface area (Å²) < 4.78 is 12.2. The first-order valence-corrected chi connectivity index (χ1v) is 10.4. The summed E-state index contributed by atoms with van der Waals surface area (Å²) in [6, 6.07) is 4.90. The molecule has 2 aliphatic heterocycles. The predicted octanol–water partition coefficient (Wildman–Crippen LogP) is 4.36. The lowest BCUT2D eigenvalue weighted by Gasteiger charge is -2.40. The van der Waals surface area contributed by atoms with Crippen LogP contribution in [0.4, 0.5) is 0 Å². The van der Waals surface area contributed by atoms with Crippen molar-refractivity contribution in [2.75, 3.05) is 6.61 Å². The van der Waals surface area contributed by atoms with Crippen molar-refractivity contribution >= 4 is 5.78 Å². The summed E-state index contributed by atoms with van der Waals surface area (Å²) in [5.41, 5.74) is 1.68. The van der Waals surface area contributed by atoms with E-state index in [2.05, 4.69) is 0 Å². The Morgan fingerprint density at radius 3 is 2.58 bits per heavy atom. The summed E-state index contributed by atoms with van der Waals surface area (Å²) in [6.07, 6.45) is 1.70. The maximum Gasteiger partial charge on any atom is 0.204 e. The van der Waals surface area contributed by atoms with E-state index < -0.39 is 23.4 Å². The number of aromatic hydroxyl groups is 2. The number of phenols is 2. The van der Waals surface area contributed by atoms with Gasteiger partial charge < -0.3 is 24.8 Å². The molecule has 0 aliphatic carbocycles. The molecule has 2 aromatic rings. The number of benzene rings is 2. The van der Waals surface area contributed by atoms with Gasteiger partial charge in [0.2, 0.25) is 5.78 Å². The first-order valence-electron chi connectivity index (χ1n) is 10.4. The maximum absolute atomic E-state index is 13.6. The van der Waals surface area contributed by atoms with Crippen LogP contribution in [0.1, 0.15) is 66.4 Å². The third-order valence-electron chi connectivity index (χ3n) is 6.11. The minimum atomic E-state index is -1.17. The summed E-state index contributed by atoms with van der Waals surface area (Å²) in [5.74, 6) is -0.675. The first-order chi connectivity index (χ1) is 14.5. The van der Waals surface area contributed by atoms with Gasteiger partial charge in [0.1, 0.15) is 34.7 Å². The molecule has 2 aliphatic rings. The molecule has 0 amide bonds. The van der Waals surface area contributed by atoms with Crippen molar-refractivity contribution in [1.82, 2.24) is 0 Å². The standard InChI is InChI=1S/C25H28O6/c1-12(2)6-7-14-8-9-17-19(21(14)27)22(28)18-16(26)10-13(3)23-20(18)24(31-17)15(11-30-23)25(4,5)29/h6,8-10,15,24,26-27,29H,7,11H2,1-5H3/t15-,24+/m0/s1. The van der Waals surface area contributed by atoms with Crippen LogP contribution in [0.3, 0.4) is 0 Å². The van der Waals surface area contributed by atoms with E-state index in [1.807, 2.05) is 19.9 Å². The number of ether oxygens (including phenoxy) is 2. The predicted molar refractivity (Wildman–Crippen MR) is 116 cm³/mol. The van der Waals surface area contributed by atoms with Crippen LogP contribution >= 0.6 is 0 Å². The van der Waals surface area contributed by atoms with E-state index in [1.54, 1.807) is 32.9 Å². The fourth-order valence-electron chi connectivity index (χ4n) is 4.36. The largest absolute Gasteiger partial charge is 0.507 e. The lowest BCUT2D eigenvalue weighted by molar-refractivity contribution is -0.0677. The van der Waals surface area contributed by atoms with Gasteiger partial charge in [-0.1, -0.05) is 17.7 Å². The molecule has 31 heavy (non-hydrogen) atoms. The number of carbonyl (C=O) groups is 1. The number of ketones is 1. The molecule has 164 valence electrons. The summed E-state index contributed by atoms with van der Waals surface area (Å²) in [4.78, 5) is 13.6. The van der Waals surface area contributed by atoms with Crippen molar-refractivity contribution < 1.29 is 29.6 Å². The molecule has 0 spiro atoms. The molecule has 0 fully saturated rings. The number of carbonyl (C=O) groups excluding carboxylic acids is 1. The quantitative estimate of drug-likeness (QED) is 0.634. The van der Waals surface area contributed by atoms with Crippen LogP contribution in [0.15, 0.2) is 29.8 Å². The molecule has 2 heterocycles. The molecule has 0 bridgehead atoms. The van der Waals surface area contributed by atoms with E-state index in [1.165, 1.54) is 6.07 Å². The zero-order valence-corrected chi connectivity index (χ0v) is 18.4. The summed E-state index contributed by atoms with van der Waals surface area (Å²) in [5, 5.41) is 32.5. The van der Waals surface area contributed by atoms with Crippen LogP contribution in [0.5, 0.6) is 23.0 Å². The van der Waals surface area contributed by atoms with Crippen molar-refractivity contribution in [3.05, 3.63) is 57.7 Å². The topological polar surface area (TPSA) is 96.2 Å². The molecule has 0 saturated carbocycles. The highest BCUT2D eigenvalue weighted by molar-refractivity contribution is 6.16. The molecule has 4 rings (SSSR count). The molecular formula is C25H28O6. The number of rotatable bonds is 3. The zero-order valence-electron chi connectivity index (χ0n) is 18.4. The Morgan fingerprint density at radius 2 is 1.94 bits per heavy atom. The van der Waals surface area contributed by atoms with Crippen LogP contribution in [-0.4, -0.2) is 33.3 Å². The van der Waals surface area contributed by atoms with Gasteiger partial charge in [0.05, 0.1) is 29.3 Å². The van der Waals surface area contributed by atoms with Crippen LogP contribution in [0.2, 0.25) is 0 Å². The van der Waals surface area contributed by atoms with E-state index in [-0.39, 0.29) is 35.0 Å². The summed E-state index contributed by atoms with van der Waals surface area (Å²) in [6.45, 7) is 9.24. The zero-order chi connectivity index (χ0) is 22.7. The summed E-state index contributed by atoms with van der Waals surface area (Å²) >= 11 is 0. The average molecular weight is 424 g/mol. The van der Waals surface area contributed by atoms with Gasteiger partial charge in [0.15, 0.2) is 0 Å². The molecule has 0 unspecified atom stereocenters. The third kappa shape index (κ3) is 3.45. The Kier molecular flexibility index (Phi) is 5.01. The SMILES string of the molecule is CC(C)=CCc1ccc2c(c1O)C(=O)c1c(O)cc(C)c3c1[C@H](O2)[C@@H](C(C)(C)O)CO3. The smallest absolute Gasteiger partial charge is 0.204 e. The Bertz CT molecular complexity index is 1100. The van der Waals surface area contributed by atoms with E-state index in [4.69, 9.17) is 9.47 Å². The number of hydrogen-bond donors (Lipinski definition) is 3. The van der Waals surface area contributed by atoms with E-state index >= 15 is 0 Å². The highest BCUT2D eigenvalue weighted by atomic mass is 16.5. The van der Waals surface area contributed by atoms with Crippen molar-refractivity contribution in [3.63, 3.8) is 0 Å². The molecule has 0 radical (unpaired) electrons. The monoisotopic (exact) mass is 424 g/mol. The molecule has 6 heteroatoms.